The number of ether oxygens (including phenoxy) is 3. The highest BCUT2D eigenvalue weighted by molar-refractivity contribution is 5.99. The minimum atomic E-state index is -1.56. The van der Waals surface area contributed by atoms with Crippen LogP contribution in [0.15, 0.2) is 30.3 Å². The molecule has 0 aliphatic carbocycles. The van der Waals surface area contributed by atoms with Crippen molar-refractivity contribution >= 4 is 30.0 Å². The average Bonchev–Trinajstić information content (AvgIpc) is 2.89. The summed E-state index contributed by atoms with van der Waals surface area (Å²) in [5.74, 6) is -4.75. The van der Waals surface area contributed by atoms with Crippen molar-refractivity contribution in [2.75, 3.05) is 7.11 Å². The van der Waals surface area contributed by atoms with E-state index in [4.69, 9.17) is 4.74 Å². The summed E-state index contributed by atoms with van der Waals surface area (Å²) in [6.45, 7) is 0. The normalized spacial score (nSPS) is 18.3. The van der Waals surface area contributed by atoms with Crippen molar-refractivity contribution in [2.24, 2.45) is 5.92 Å². The number of carbonyl (C=O) groups is 4. The standard InChI is InChI=1S/C16H14O8/c1-22-16(21)14(11-8-13(19)24-15(11)20)23-12(18)7-4-9-2-5-10(17)6-3-9/h2-7,11,14,17H,8H2,1H3/b7-4+. The molecule has 24 heavy (non-hydrogen) atoms. The zero-order chi connectivity index (χ0) is 17.7. The number of hydrogen-bond acceptors (Lipinski definition) is 8. The van der Waals surface area contributed by atoms with Crippen LogP contribution in [-0.4, -0.2) is 42.2 Å². The summed E-state index contributed by atoms with van der Waals surface area (Å²) in [6, 6.07) is 5.98. The van der Waals surface area contributed by atoms with E-state index in [1.165, 1.54) is 18.2 Å². The van der Waals surface area contributed by atoms with Crippen molar-refractivity contribution < 1.29 is 38.5 Å². The Kier molecular flexibility index (Phi) is 5.31. The van der Waals surface area contributed by atoms with Crippen LogP contribution in [0.25, 0.3) is 6.08 Å². The Balaban J connectivity index is 2.07. The molecular formula is C16H14O8. The molecule has 8 nitrogen and oxygen atoms in total. The molecule has 0 saturated carbocycles. The van der Waals surface area contributed by atoms with Gasteiger partial charge in [0.15, 0.2) is 0 Å². The van der Waals surface area contributed by atoms with Crippen molar-refractivity contribution in [3.05, 3.63) is 35.9 Å². The molecule has 2 unspecified atom stereocenters. The quantitative estimate of drug-likeness (QED) is 0.360. The van der Waals surface area contributed by atoms with Gasteiger partial charge in [-0.25, -0.2) is 9.59 Å². The van der Waals surface area contributed by atoms with Crippen LogP contribution in [0.5, 0.6) is 5.75 Å². The number of hydrogen-bond donors (Lipinski definition) is 1. The Morgan fingerprint density at radius 3 is 2.50 bits per heavy atom. The molecule has 1 aromatic carbocycles. The summed E-state index contributed by atoms with van der Waals surface area (Å²) in [4.78, 5) is 46.3. The lowest BCUT2D eigenvalue weighted by Crippen LogP contribution is -2.37. The second-order valence-corrected chi connectivity index (χ2v) is 4.91. The summed E-state index contributed by atoms with van der Waals surface area (Å²) < 4.78 is 13.8. The van der Waals surface area contributed by atoms with E-state index in [1.807, 2.05) is 0 Å². The van der Waals surface area contributed by atoms with Crippen molar-refractivity contribution in [3.8, 4) is 5.75 Å². The largest absolute Gasteiger partial charge is 0.508 e. The van der Waals surface area contributed by atoms with E-state index < -0.39 is 35.9 Å². The van der Waals surface area contributed by atoms with Gasteiger partial charge in [0.05, 0.1) is 13.5 Å². The molecule has 0 aromatic heterocycles. The second-order valence-electron chi connectivity index (χ2n) is 4.91. The minimum Gasteiger partial charge on any atom is -0.508 e. The van der Waals surface area contributed by atoms with Crippen molar-refractivity contribution in [1.82, 2.24) is 0 Å². The zero-order valence-corrected chi connectivity index (χ0v) is 12.6. The van der Waals surface area contributed by atoms with Gasteiger partial charge in [-0.15, -0.1) is 0 Å². The van der Waals surface area contributed by atoms with E-state index in [-0.39, 0.29) is 12.2 Å². The number of cyclic esters (lactones) is 2. The number of phenolic OH excluding ortho intramolecular Hbond substituents is 1. The van der Waals surface area contributed by atoms with Crippen LogP contribution in [0.1, 0.15) is 12.0 Å². The molecule has 1 aliphatic heterocycles. The molecular weight excluding hydrogens is 320 g/mol. The third-order valence-electron chi connectivity index (χ3n) is 3.25. The monoisotopic (exact) mass is 334 g/mol. The van der Waals surface area contributed by atoms with Crippen LogP contribution in [0.4, 0.5) is 0 Å². The van der Waals surface area contributed by atoms with Gasteiger partial charge >= 0.3 is 23.9 Å². The fourth-order valence-corrected chi connectivity index (χ4v) is 2.05. The SMILES string of the molecule is COC(=O)C(OC(=O)/C=C/c1ccc(O)cc1)C1CC(=O)OC1=O. The van der Waals surface area contributed by atoms with Gasteiger partial charge in [-0.1, -0.05) is 12.1 Å². The highest BCUT2D eigenvalue weighted by Gasteiger charge is 2.45. The van der Waals surface area contributed by atoms with E-state index in [1.54, 1.807) is 12.1 Å². The fourth-order valence-electron chi connectivity index (χ4n) is 2.05. The Bertz CT molecular complexity index is 689. The van der Waals surface area contributed by atoms with Crippen LogP contribution in [0.2, 0.25) is 0 Å². The molecule has 0 bridgehead atoms. The number of phenols is 1. The number of aromatic hydroxyl groups is 1. The van der Waals surface area contributed by atoms with Gasteiger partial charge < -0.3 is 19.3 Å². The van der Waals surface area contributed by atoms with Gasteiger partial charge in [-0.3, -0.25) is 9.59 Å². The van der Waals surface area contributed by atoms with Gasteiger partial charge in [-0.05, 0) is 23.8 Å². The Labute approximate surface area is 136 Å². The number of carbonyl (C=O) groups excluding carboxylic acids is 4. The van der Waals surface area contributed by atoms with Crippen LogP contribution in [0, 0.1) is 5.92 Å². The minimum absolute atomic E-state index is 0.0740. The first-order valence-corrected chi connectivity index (χ1v) is 6.91. The number of rotatable bonds is 5. The summed E-state index contributed by atoms with van der Waals surface area (Å²) in [7, 11) is 1.07. The van der Waals surface area contributed by atoms with Crippen molar-refractivity contribution in [2.45, 2.75) is 12.5 Å². The second kappa shape index (κ2) is 7.40. The summed E-state index contributed by atoms with van der Waals surface area (Å²) in [5.41, 5.74) is 0.606. The molecule has 0 amide bonds. The Morgan fingerprint density at radius 2 is 1.96 bits per heavy atom. The molecule has 2 atom stereocenters. The number of methoxy groups -OCH3 is 1. The molecule has 1 aromatic rings. The Hall–Kier alpha value is -3.16. The highest BCUT2D eigenvalue weighted by atomic mass is 16.6. The average molecular weight is 334 g/mol. The van der Waals surface area contributed by atoms with Gasteiger partial charge in [0, 0.05) is 6.08 Å². The molecule has 8 heteroatoms. The first-order chi connectivity index (χ1) is 11.4. The summed E-state index contributed by atoms with van der Waals surface area (Å²) in [5, 5.41) is 9.17. The number of benzene rings is 1. The van der Waals surface area contributed by atoms with Gasteiger partial charge in [0.1, 0.15) is 11.7 Å². The molecule has 1 N–H and O–H groups in total. The molecule has 1 heterocycles. The van der Waals surface area contributed by atoms with Crippen LogP contribution < -0.4 is 0 Å². The van der Waals surface area contributed by atoms with E-state index in [9.17, 15) is 24.3 Å². The van der Waals surface area contributed by atoms with Crippen LogP contribution in [0.3, 0.4) is 0 Å². The van der Waals surface area contributed by atoms with Gasteiger partial charge in [0.2, 0.25) is 6.10 Å². The molecule has 2 rings (SSSR count). The molecule has 0 spiro atoms. The van der Waals surface area contributed by atoms with Crippen molar-refractivity contribution in [3.63, 3.8) is 0 Å². The maximum absolute atomic E-state index is 11.9. The molecule has 0 radical (unpaired) electrons. The van der Waals surface area contributed by atoms with Gasteiger partial charge in [0.25, 0.3) is 0 Å². The van der Waals surface area contributed by atoms with Crippen LogP contribution >= 0.6 is 0 Å². The smallest absolute Gasteiger partial charge is 0.348 e. The lowest BCUT2D eigenvalue weighted by atomic mass is 10.0. The van der Waals surface area contributed by atoms with Crippen LogP contribution in [-0.2, 0) is 33.4 Å². The zero-order valence-electron chi connectivity index (χ0n) is 12.6. The first kappa shape index (κ1) is 17.2. The maximum Gasteiger partial charge on any atom is 0.348 e. The predicted octanol–water partition coefficient (Wildman–Crippen LogP) is 0.580. The third-order valence-corrected chi connectivity index (χ3v) is 3.25. The summed E-state index contributed by atoms with van der Waals surface area (Å²) in [6.07, 6.45) is 0.512. The number of esters is 4. The molecule has 1 aliphatic rings. The topological polar surface area (TPSA) is 116 Å². The van der Waals surface area contributed by atoms with Gasteiger partial charge in [-0.2, -0.15) is 0 Å². The van der Waals surface area contributed by atoms with E-state index in [0.717, 1.165) is 13.2 Å². The predicted molar refractivity (Wildman–Crippen MR) is 78.2 cm³/mol. The molecule has 126 valence electrons. The maximum atomic E-state index is 11.9. The lowest BCUT2D eigenvalue weighted by molar-refractivity contribution is -0.170. The molecule has 1 saturated heterocycles. The first-order valence-electron chi connectivity index (χ1n) is 6.91. The third kappa shape index (κ3) is 4.19. The van der Waals surface area contributed by atoms with E-state index >= 15 is 0 Å². The molecule has 1 fully saturated rings. The van der Waals surface area contributed by atoms with Crippen molar-refractivity contribution in [1.29, 1.82) is 0 Å². The Morgan fingerprint density at radius 1 is 1.29 bits per heavy atom. The highest BCUT2D eigenvalue weighted by Crippen LogP contribution is 2.23. The summed E-state index contributed by atoms with van der Waals surface area (Å²) >= 11 is 0. The van der Waals surface area contributed by atoms with E-state index in [0.29, 0.717) is 5.56 Å². The van der Waals surface area contributed by atoms with E-state index in [2.05, 4.69) is 9.47 Å². The fraction of sp³-hybridized carbons (Fsp3) is 0.250. The lowest BCUT2D eigenvalue weighted by Gasteiger charge is -2.17.